The third-order valence-corrected chi connectivity index (χ3v) is 57.3. The monoisotopic (exact) mass is 1060 g/mol. The quantitative estimate of drug-likeness (QED) is 0.0824. The van der Waals surface area contributed by atoms with E-state index in [0.717, 1.165) is 5.56 Å². The topological polar surface area (TPSA) is 111 Å². The van der Waals surface area contributed by atoms with Gasteiger partial charge in [0.25, 0.3) is 0 Å². The molecule has 0 fully saturated rings. The van der Waals surface area contributed by atoms with Crippen LogP contribution in [0.4, 0.5) is 0 Å². The Kier molecular flexibility index (Phi) is 20.0. The summed E-state index contributed by atoms with van der Waals surface area (Å²) < 4.78 is 81.6. The zero-order chi connectivity index (χ0) is 47.7. The van der Waals surface area contributed by atoms with Crippen molar-refractivity contribution in [3.8, 4) is 0 Å². The van der Waals surface area contributed by atoms with Gasteiger partial charge in [0.2, 0.25) is 8.32 Å². The van der Waals surface area contributed by atoms with E-state index in [0.29, 0.717) is 0 Å². The highest BCUT2D eigenvalue weighted by Gasteiger charge is 2.52. The Balaban J connectivity index is 2.97. The maximum atomic E-state index is 6.93. The number of rotatable bonds is 26. The molecule has 12 nitrogen and oxygen atoms in total. The van der Waals surface area contributed by atoms with Crippen LogP contribution in [0.2, 0.25) is 177 Å². The lowest BCUT2D eigenvalue weighted by Gasteiger charge is -2.45. The van der Waals surface area contributed by atoms with E-state index in [-0.39, 0.29) is 0 Å². The van der Waals surface area contributed by atoms with Crippen LogP contribution >= 0.6 is 0 Å². The zero-order valence-electron chi connectivity index (χ0n) is 43.0. The van der Waals surface area contributed by atoms with Crippen LogP contribution in [0.15, 0.2) is 30.8 Å². The summed E-state index contributed by atoms with van der Waals surface area (Å²) in [6, 6.07) is 8.33. The fraction of sp³-hybridized carbons (Fsp3) is 0.771. The maximum absolute atomic E-state index is 6.93. The van der Waals surface area contributed by atoms with Crippen LogP contribution in [0.3, 0.4) is 0 Å². The average molecular weight is 1070 g/mol. The van der Waals surface area contributed by atoms with Gasteiger partial charge in [0.05, 0.1) is 0 Å². The SMILES string of the molecule is C=Cc1ccccc1[Si](C)(C)O[Si](C)(C)O[Si](C)(C)O[Si](C)(C)O[Si](C)(C)O[Si](C)(C)O[Si](C)(C)O[Si](C)(C)O[Si](C)(C)O[Si](C)(C)O[Si](C)(C)O[Si](C)(C)O[Si](C)(C)C. The summed E-state index contributed by atoms with van der Waals surface area (Å²) in [5.74, 6) is 0. The molecule has 0 bridgehead atoms. The first-order chi connectivity index (χ1) is 26.0. The van der Waals surface area contributed by atoms with Crippen LogP contribution in [0.25, 0.3) is 6.08 Å². The summed E-state index contributed by atoms with van der Waals surface area (Å²) in [4.78, 5) is 0. The Morgan fingerprint density at radius 3 is 0.717 bits per heavy atom. The van der Waals surface area contributed by atoms with Crippen molar-refractivity contribution in [1.29, 1.82) is 0 Å². The van der Waals surface area contributed by atoms with E-state index in [1.54, 1.807) is 0 Å². The molecule has 0 atom stereocenters. The lowest BCUT2D eigenvalue weighted by Crippen LogP contribution is -2.63. The molecule has 0 radical (unpaired) electrons. The largest absolute Gasteiger partial charge is 0.437 e. The van der Waals surface area contributed by atoms with E-state index < -0.39 is 111 Å². The summed E-state index contributed by atoms with van der Waals surface area (Å²) >= 11 is 0. The predicted octanol–water partition coefficient (Wildman–Crippen LogP) is 11.5. The lowest BCUT2D eigenvalue weighted by molar-refractivity contribution is 0.252. The van der Waals surface area contributed by atoms with Gasteiger partial charge >= 0.3 is 94.2 Å². The second-order valence-electron chi connectivity index (χ2n) is 22.0. The second kappa shape index (κ2) is 20.3. The van der Waals surface area contributed by atoms with Gasteiger partial charge in [-0.2, -0.15) is 0 Å². The minimum absolute atomic E-state index is 1.11. The van der Waals surface area contributed by atoms with Crippen LogP contribution in [0.1, 0.15) is 5.56 Å². The van der Waals surface area contributed by atoms with Gasteiger partial charge in [-0.15, -0.1) is 0 Å². The van der Waals surface area contributed by atoms with Crippen molar-refractivity contribution < 1.29 is 49.4 Å². The van der Waals surface area contributed by atoms with Gasteiger partial charge in [-0.1, -0.05) is 36.9 Å². The van der Waals surface area contributed by atoms with Crippen LogP contribution in [-0.2, 0) is 49.4 Å². The first kappa shape index (κ1) is 59.3. The molecule has 0 aliphatic heterocycles. The van der Waals surface area contributed by atoms with E-state index in [1.807, 2.05) is 12.1 Å². The van der Waals surface area contributed by atoms with Crippen LogP contribution in [0, 0.1) is 0 Å². The van der Waals surface area contributed by atoms with E-state index in [9.17, 15) is 0 Å². The van der Waals surface area contributed by atoms with E-state index in [1.165, 1.54) is 5.19 Å². The molecule has 25 heteroatoms. The van der Waals surface area contributed by atoms with Crippen LogP contribution in [0.5, 0.6) is 0 Å². The highest BCUT2D eigenvalue weighted by Crippen LogP contribution is 2.32. The molecular formula is C35H88O12Si13. The summed E-state index contributed by atoms with van der Waals surface area (Å²) in [5, 5.41) is 1.21. The molecule has 1 rings (SSSR count). The molecule has 0 aliphatic carbocycles. The van der Waals surface area contributed by atoms with Gasteiger partial charge in [-0.25, -0.2) is 0 Å². The van der Waals surface area contributed by atoms with Crippen molar-refractivity contribution in [3.05, 3.63) is 36.4 Å². The fourth-order valence-electron chi connectivity index (χ4n) is 8.78. The third kappa shape index (κ3) is 23.7. The molecule has 1 aromatic carbocycles. The fourth-order valence-corrected chi connectivity index (χ4v) is 74.7. The zero-order valence-corrected chi connectivity index (χ0v) is 56.0. The van der Waals surface area contributed by atoms with Gasteiger partial charge < -0.3 is 49.4 Å². The highest BCUT2D eigenvalue weighted by atomic mass is 28.5. The Hall–Kier alpha value is 1.30. The minimum Gasteiger partial charge on any atom is -0.437 e. The van der Waals surface area contributed by atoms with Gasteiger partial charge in [0, 0.05) is 0 Å². The summed E-state index contributed by atoms with van der Waals surface area (Å²) in [7, 11) is -33.6. The average Bonchev–Trinajstić information content (AvgIpc) is 2.83. The van der Waals surface area contributed by atoms with Gasteiger partial charge in [-0.3, -0.25) is 0 Å². The third-order valence-electron chi connectivity index (χ3n) is 7.80. The molecule has 1 aromatic rings. The Labute approximate surface area is 382 Å². The van der Waals surface area contributed by atoms with Gasteiger partial charge in [0.1, 0.15) is 0 Å². The molecule has 0 spiro atoms. The summed E-state index contributed by atoms with van der Waals surface area (Å²) in [5.41, 5.74) is 1.11. The molecule has 0 saturated heterocycles. The van der Waals surface area contributed by atoms with Crippen molar-refractivity contribution in [2.24, 2.45) is 0 Å². The smallest absolute Gasteiger partial charge is 0.314 e. The maximum Gasteiger partial charge on any atom is 0.314 e. The summed E-state index contributed by atoms with van der Waals surface area (Å²) in [6.45, 7) is 60.8. The van der Waals surface area contributed by atoms with Crippen LogP contribution in [-0.4, -0.2) is 111 Å². The lowest BCUT2D eigenvalue weighted by atomic mass is 10.2. The van der Waals surface area contributed by atoms with Gasteiger partial charge in [-0.05, 0) is 188 Å². The number of hydrogen-bond acceptors (Lipinski definition) is 12. The molecule has 0 aliphatic rings. The van der Waals surface area contributed by atoms with Crippen LogP contribution < -0.4 is 5.19 Å². The van der Waals surface area contributed by atoms with E-state index in [2.05, 4.69) is 202 Å². The van der Waals surface area contributed by atoms with E-state index >= 15 is 0 Å². The molecule has 0 aromatic heterocycles. The normalized spacial score (nSPS) is 15.4. The number of hydrogen-bond donors (Lipinski definition) is 0. The van der Waals surface area contributed by atoms with Crippen molar-refractivity contribution >= 4 is 122 Å². The standard InChI is InChI=1S/C35H88O12Si13/c1-29-34-32-30-31-33-35(34)49(5,6)37-51(9,10)39-53(13,14)41-55(17,18)43-57(21,22)45-59(25,26)47-60(27,28)46-58(23,24)44-56(19,20)42-54(15,16)40-52(11,12)38-50(7,8)36-48(2,3)4/h29-33H,1H2,2-28H3. The Morgan fingerprint density at radius 2 is 0.500 bits per heavy atom. The van der Waals surface area contributed by atoms with Crippen molar-refractivity contribution in [3.63, 3.8) is 0 Å². The first-order valence-electron chi connectivity index (χ1n) is 21.2. The first-order valence-corrected chi connectivity index (χ1v) is 58.5. The minimum atomic E-state index is -2.77. The predicted molar refractivity (Wildman–Crippen MR) is 282 cm³/mol. The van der Waals surface area contributed by atoms with Crippen molar-refractivity contribution in [1.82, 2.24) is 0 Å². The molecule has 0 N–H and O–H groups in total. The Bertz CT molecular complexity index is 1580. The molecule has 60 heavy (non-hydrogen) atoms. The van der Waals surface area contributed by atoms with Crippen molar-refractivity contribution in [2.45, 2.75) is 177 Å². The Morgan fingerprint density at radius 1 is 0.300 bits per heavy atom. The second-order valence-corrected chi connectivity index (χ2v) is 70.4. The molecule has 352 valence electrons. The molecular weight excluding hydrogens is 977 g/mol. The molecule has 0 amide bonds. The molecule has 0 heterocycles. The highest BCUT2D eigenvalue weighted by molar-refractivity contribution is 6.95. The molecule has 0 saturated carbocycles. The number of benzene rings is 1. The van der Waals surface area contributed by atoms with E-state index in [4.69, 9.17) is 49.4 Å². The summed E-state index contributed by atoms with van der Waals surface area (Å²) in [6.07, 6.45) is 1.90. The molecule has 0 unspecified atom stereocenters. The van der Waals surface area contributed by atoms with Gasteiger partial charge in [0.15, 0.2) is 8.32 Å². The van der Waals surface area contributed by atoms with Crippen molar-refractivity contribution in [2.75, 3.05) is 0 Å².